The number of rotatable bonds is 5. The second-order valence-corrected chi connectivity index (χ2v) is 8.29. The lowest BCUT2D eigenvalue weighted by Gasteiger charge is -2.15. The molecule has 3 amide bonds. The van der Waals surface area contributed by atoms with Crippen molar-refractivity contribution in [2.75, 3.05) is 10.6 Å². The average molecular weight is 434 g/mol. The van der Waals surface area contributed by atoms with E-state index in [2.05, 4.69) is 16.0 Å². The topological polar surface area (TPSA) is 70.2 Å². The standard InChI is InChI=1S/C20H17Cl2N3O2S/c1-12(23-19(26)16-11-17(21)28-18(16)22)13-7-9-15(10-8-13)25-20(27)24-14-5-3-2-4-6-14/h2-12H,1H3,(H,23,26)(H2,24,25,27). The van der Waals surface area contributed by atoms with E-state index in [9.17, 15) is 9.59 Å². The second kappa shape index (κ2) is 9.10. The summed E-state index contributed by atoms with van der Waals surface area (Å²) in [5.74, 6) is -0.287. The maximum Gasteiger partial charge on any atom is 0.323 e. The minimum atomic E-state index is -0.329. The van der Waals surface area contributed by atoms with Gasteiger partial charge in [0, 0.05) is 11.4 Å². The second-order valence-electron chi connectivity index (χ2n) is 6.00. The smallest absolute Gasteiger partial charge is 0.323 e. The molecule has 3 N–H and O–H groups in total. The molecule has 1 heterocycles. The molecule has 0 saturated carbocycles. The Kier molecular flexibility index (Phi) is 6.57. The lowest BCUT2D eigenvalue weighted by molar-refractivity contribution is 0.0940. The van der Waals surface area contributed by atoms with Gasteiger partial charge in [0.15, 0.2) is 0 Å². The molecule has 8 heteroatoms. The summed E-state index contributed by atoms with van der Waals surface area (Å²) in [4.78, 5) is 24.4. The first kappa shape index (κ1) is 20.2. The molecule has 1 aromatic heterocycles. The zero-order valence-corrected chi connectivity index (χ0v) is 17.2. The number of urea groups is 1. The molecule has 2 aromatic carbocycles. The van der Waals surface area contributed by atoms with E-state index in [-0.39, 0.29) is 18.0 Å². The number of carbonyl (C=O) groups excluding carboxylic acids is 2. The molecule has 0 aliphatic carbocycles. The number of carbonyl (C=O) groups is 2. The highest BCUT2D eigenvalue weighted by Gasteiger charge is 2.17. The van der Waals surface area contributed by atoms with Gasteiger partial charge in [0.2, 0.25) is 0 Å². The molecule has 28 heavy (non-hydrogen) atoms. The Hall–Kier alpha value is -2.54. The molecule has 5 nitrogen and oxygen atoms in total. The monoisotopic (exact) mass is 433 g/mol. The fourth-order valence-corrected chi connectivity index (χ4v) is 3.98. The van der Waals surface area contributed by atoms with Crippen molar-refractivity contribution in [3.63, 3.8) is 0 Å². The molecule has 3 rings (SSSR count). The predicted octanol–water partition coefficient (Wildman–Crippen LogP) is 6.19. The Labute approximate surface area is 176 Å². The summed E-state index contributed by atoms with van der Waals surface area (Å²) in [7, 11) is 0. The highest BCUT2D eigenvalue weighted by molar-refractivity contribution is 7.20. The van der Waals surface area contributed by atoms with E-state index in [0.717, 1.165) is 16.9 Å². The molecular formula is C20H17Cl2N3O2S. The molecule has 0 saturated heterocycles. The molecule has 0 bridgehead atoms. The van der Waals surface area contributed by atoms with Gasteiger partial charge in [-0.05, 0) is 42.8 Å². The third kappa shape index (κ3) is 5.25. The number of benzene rings is 2. The van der Waals surface area contributed by atoms with Gasteiger partial charge in [-0.1, -0.05) is 53.5 Å². The lowest BCUT2D eigenvalue weighted by atomic mass is 10.1. The van der Waals surface area contributed by atoms with Crippen LogP contribution in [0.5, 0.6) is 0 Å². The number of nitrogens with one attached hydrogen (secondary N) is 3. The van der Waals surface area contributed by atoms with E-state index < -0.39 is 0 Å². The van der Waals surface area contributed by atoms with Crippen LogP contribution in [0.15, 0.2) is 60.7 Å². The minimum Gasteiger partial charge on any atom is -0.345 e. The number of halogens is 2. The highest BCUT2D eigenvalue weighted by Crippen LogP contribution is 2.31. The number of para-hydroxylation sites is 1. The molecule has 1 atom stereocenters. The largest absolute Gasteiger partial charge is 0.345 e. The quantitative estimate of drug-likeness (QED) is 0.448. The Morgan fingerprint density at radius 3 is 2.11 bits per heavy atom. The molecule has 0 aliphatic rings. The number of anilines is 2. The van der Waals surface area contributed by atoms with Crippen molar-refractivity contribution >= 4 is 57.9 Å². The van der Waals surface area contributed by atoms with E-state index in [4.69, 9.17) is 23.2 Å². The summed E-state index contributed by atoms with van der Waals surface area (Å²) in [5, 5.41) is 8.40. The van der Waals surface area contributed by atoms with Crippen molar-refractivity contribution < 1.29 is 9.59 Å². The number of hydrogen-bond donors (Lipinski definition) is 3. The van der Waals surface area contributed by atoms with Crippen molar-refractivity contribution in [2.45, 2.75) is 13.0 Å². The molecule has 0 radical (unpaired) electrons. The molecule has 3 aromatic rings. The maximum absolute atomic E-state index is 12.3. The van der Waals surface area contributed by atoms with Gasteiger partial charge in [-0.2, -0.15) is 0 Å². The van der Waals surface area contributed by atoms with E-state index in [1.165, 1.54) is 0 Å². The minimum absolute atomic E-state index is 0.241. The summed E-state index contributed by atoms with van der Waals surface area (Å²) in [5.41, 5.74) is 2.60. The summed E-state index contributed by atoms with van der Waals surface area (Å²) in [6, 6.07) is 17.4. The van der Waals surface area contributed by atoms with Crippen LogP contribution in [0.2, 0.25) is 8.67 Å². The normalized spacial score (nSPS) is 11.5. The van der Waals surface area contributed by atoms with Gasteiger partial charge in [0.05, 0.1) is 15.9 Å². The predicted molar refractivity (Wildman–Crippen MR) is 116 cm³/mol. The van der Waals surface area contributed by atoms with Gasteiger partial charge < -0.3 is 16.0 Å². The fourth-order valence-electron chi connectivity index (χ4n) is 2.52. The van der Waals surface area contributed by atoms with Gasteiger partial charge in [-0.25, -0.2) is 4.79 Å². The van der Waals surface area contributed by atoms with Crippen LogP contribution in [0.3, 0.4) is 0 Å². The summed E-state index contributed by atoms with van der Waals surface area (Å²) in [6.45, 7) is 1.87. The van der Waals surface area contributed by atoms with Gasteiger partial charge in [-0.15, -0.1) is 11.3 Å². The van der Waals surface area contributed by atoms with Gasteiger partial charge in [0.1, 0.15) is 4.34 Å². The SMILES string of the molecule is CC(NC(=O)c1cc(Cl)sc1Cl)c1ccc(NC(=O)Nc2ccccc2)cc1. The highest BCUT2D eigenvalue weighted by atomic mass is 35.5. The van der Waals surface area contributed by atoms with E-state index >= 15 is 0 Å². The zero-order chi connectivity index (χ0) is 20.1. The van der Waals surface area contributed by atoms with Crippen molar-refractivity contribution in [1.82, 2.24) is 5.32 Å². The molecule has 0 spiro atoms. The van der Waals surface area contributed by atoms with Gasteiger partial charge in [0.25, 0.3) is 5.91 Å². The van der Waals surface area contributed by atoms with E-state index in [1.54, 1.807) is 30.3 Å². The first-order valence-electron chi connectivity index (χ1n) is 8.41. The van der Waals surface area contributed by atoms with Crippen LogP contribution >= 0.6 is 34.5 Å². The first-order valence-corrected chi connectivity index (χ1v) is 9.98. The third-order valence-electron chi connectivity index (χ3n) is 3.95. The van der Waals surface area contributed by atoms with Crippen LogP contribution in [-0.4, -0.2) is 11.9 Å². The van der Waals surface area contributed by atoms with Crippen LogP contribution in [0.25, 0.3) is 0 Å². The molecule has 1 unspecified atom stereocenters. The maximum atomic E-state index is 12.3. The third-order valence-corrected chi connectivity index (χ3v) is 5.44. The molecular weight excluding hydrogens is 417 g/mol. The zero-order valence-electron chi connectivity index (χ0n) is 14.8. The summed E-state index contributed by atoms with van der Waals surface area (Å²) >= 11 is 13.1. The Balaban J connectivity index is 1.58. The van der Waals surface area contributed by atoms with Crippen LogP contribution in [0.1, 0.15) is 28.9 Å². The van der Waals surface area contributed by atoms with Crippen molar-refractivity contribution in [2.24, 2.45) is 0 Å². The van der Waals surface area contributed by atoms with Crippen molar-refractivity contribution in [3.05, 3.63) is 80.5 Å². The van der Waals surface area contributed by atoms with E-state index in [1.807, 2.05) is 37.3 Å². The Bertz CT molecular complexity index is 975. The number of hydrogen-bond acceptors (Lipinski definition) is 3. The van der Waals surface area contributed by atoms with Crippen LogP contribution < -0.4 is 16.0 Å². The van der Waals surface area contributed by atoms with Crippen molar-refractivity contribution in [1.29, 1.82) is 0 Å². The van der Waals surface area contributed by atoms with E-state index in [0.29, 0.717) is 25.6 Å². The van der Waals surface area contributed by atoms with Crippen LogP contribution in [0, 0.1) is 0 Å². The molecule has 0 fully saturated rings. The van der Waals surface area contributed by atoms with Crippen LogP contribution in [0.4, 0.5) is 16.2 Å². The fraction of sp³-hybridized carbons (Fsp3) is 0.100. The van der Waals surface area contributed by atoms with Crippen molar-refractivity contribution in [3.8, 4) is 0 Å². The molecule has 0 aliphatic heterocycles. The Morgan fingerprint density at radius 2 is 1.54 bits per heavy atom. The average Bonchev–Trinajstić information content (AvgIpc) is 3.01. The number of amides is 3. The van der Waals surface area contributed by atoms with Crippen LogP contribution in [-0.2, 0) is 0 Å². The Morgan fingerprint density at radius 1 is 0.929 bits per heavy atom. The number of thiophene rings is 1. The van der Waals surface area contributed by atoms with Gasteiger partial charge >= 0.3 is 6.03 Å². The summed E-state index contributed by atoms with van der Waals surface area (Å²) < 4.78 is 0.825. The van der Waals surface area contributed by atoms with Gasteiger partial charge in [-0.3, -0.25) is 4.79 Å². The lowest BCUT2D eigenvalue weighted by Crippen LogP contribution is -2.26. The first-order chi connectivity index (χ1) is 13.4. The summed E-state index contributed by atoms with van der Waals surface area (Å²) in [6.07, 6.45) is 0. The molecule has 144 valence electrons.